The molecule has 0 radical (unpaired) electrons. The van der Waals surface area contributed by atoms with Gasteiger partial charge < -0.3 is 14.1 Å². The highest BCUT2D eigenvalue weighted by molar-refractivity contribution is 5.84. The number of piperazine rings is 1. The van der Waals surface area contributed by atoms with Crippen molar-refractivity contribution in [2.75, 3.05) is 32.8 Å². The van der Waals surface area contributed by atoms with Gasteiger partial charge in [-0.25, -0.2) is 0 Å². The molecule has 0 aliphatic carbocycles. The van der Waals surface area contributed by atoms with E-state index in [-0.39, 0.29) is 12.5 Å². The zero-order valence-corrected chi connectivity index (χ0v) is 14.6. The van der Waals surface area contributed by atoms with E-state index in [0.29, 0.717) is 0 Å². The van der Waals surface area contributed by atoms with Crippen LogP contribution in [0.2, 0.25) is 0 Å². The first-order chi connectivity index (χ1) is 12.8. The number of nitrogens with zero attached hydrogens (tertiary/aromatic N) is 2. The highest BCUT2D eigenvalue weighted by Crippen LogP contribution is 2.20. The van der Waals surface area contributed by atoms with Crippen molar-refractivity contribution in [2.45, 2.75) is 6.54 Å². The Morgan fingerprint density at radius 1 is 0.962 bits per heavy atom. The molecule has 4 rings (SSSR count). The zero-order chi connectivity index (χ0) is 17.8. The fourth-order valence-electron chi connectivity index (χ4n) is 3.27. The molecule has 1 aliphatic rings. The number of carbonyl (C=O) groups excluding carboxylic acids is 1. The number of hydrogen-bond donors (Lipinski definition) is 0. The predicted molar refractivity (Wildman–Crippen MR) is 100 cm³/mol. The number of ether oxygens (including phenoxy) is 1. The molecule has 1 aromatic heterocycles. The van der Waals surface area contributed by atoms with Crippen molar-refractivity contribution in [1.29, 1.82) is 0 Å². The summed E-state index contributed by atoms with van der Waals surface area (Å²) < 4.78 is 11.1. The minimum absolute atomic E-state index is 0.0378. The molecule has 0 unspecified atom stereocenters. The summed E-state index contributed by atoms with van der Waals surface area (Å²) in [6.07, 6.45) is 1.69. The fraction of sp³-hybridized carbons (Fsp3) is 0.286. The molecule has 1 saturated heterocycles. The second kappa shape index (κ2) is 7.62. The normalized spacial score (nSPS) is 15.3. The number of furan rings is 1. The lowest BCUT2D eigenvalue weighted by Crippen LogP contribution is -2.49. The molecule has 3 aromatic rings. The van der Waals surface area contributed by atoms with Crippen LogP contribution in [0.25, 0.3) is 10.8 Å². The van der Waals surface area contributed by atoms with Crippen LogP contribution in [-0.4, -0.2) is 48.5 Å². The number of amides is 1. The standard InChI is InChI=1S/C21H22N2O3/c24-21(16-26-19-8-7-17-4-1-2-5-18(17)14-19)23-11-9-22(10-12-23)15-20-6-3-13-25-20/h1-8,13-14H,9-12,15-16H2. The summed E-state index contributed by atoms with van der Waals surface area (Å²) in [6, 6.07) is 17.9. The van der Waals surface area contributed by atoms with Gasteiger partial charge in [0.15, 0.2) is 6.61 Å². The van der Waals surface area contributed by atoms with E-state index in [9.17, 15) is 4.79 Å². The topological polar surface area (TPSA) is 45.9 Å². The van der Waals surface area contributed by atoms with Gasteiger partial charge in [-0.05, 0) is 35.0 Å². The molecule has 0 bridgehead atoms. The molecule has 0 atom stereocenters. The minimum Gasteiger partial charge on any atom is -0.484 e. The Hall–Kier alpha value is -2.79. The van der Waals surface area contributed by atoms with Gasteiger partial charge in [-0.2, -0.15) is 0 Å². The van der Waals surface area contributed by atoms with Gasteiger partial charge in [-0.3, -0.25) is 9.69 Å². The Morgan fingerprint density at radius 2 is 1.77 bits per heavy atom. The summed E-state index contributed by atoms with van der Waals surface area (Å²) in [6.45, 7) is 4.02. The van der Waals surface area contributed by atoms with Gasteiger partial charge in [0.2, 0.25) is 0 Å². The van der Waals surface area contributed by atoms with E-state index < -0.39 is 0 Å². The molecule has 0 spiro atoms. The van der Waals surface area contributed by atoms with Crippen molar-refractivity contribution in [1.82, 2.24) is 9.80 Å². The third-order valence-corrected chi connectivity index (χ3v) is 4.77. The molecule has 134 valence electrons. The molecule has 5 heteroatoms. The van der Waals surface area contributed by atoms with Crippen LogP contribution < -0.4 is 4.74 Å². The summed E-state index contributed by atoms with van der Waals surface area (Å²) in [5, 5.41) is 2.28. The van der Waals surface area contributed by atoms with E-state index >= 15 is 0 Å². The monoisotopic (exact) mass is 350 g/mol. The first-order valence-electron chi connectivity index (χ1n) is 8.92. The molecular formula is C21H22N2O3. The molecule has 1 amide bonds. The van der Waals surface area contributed by atoms with Gasteiger partial charge in [-0.15, -0.1) is 0 Å². The van der Waals surface area contributed by atoms with Crippen LogP contribution in [0.5, 0.6) is 5.75 Å². The van der Waals surface area contributed by atoms with E-state index in [0.717, 1.165) is 49.6 Å². The van der Waals surface area contributed by atoms with E-state index in [1.807, 2.05) is 53.4 Å². The van der Waals surface area contributed by atoms with Crippen molar-refractivity contribution in [3.63, 3.8) is 0 Å². The number of rotatable bonds is 5. The predicted octanol–water partition coefficient (Wildman–Crippen LogP) is 3.16. The van der Waals surface area contributed by atoms with Crippen molar-refractivity contribution in [3.8, 4) is 5.75 Å². The highest BCUT2D eigenvalue weighted by atomic mass is 16.5. The number of fused-ring (bicyclic) bond motifs is 1. The number of carbonyl (C=O) groups is 1. The minimum atomic E-state index is 0.0378. The van der Waals surface area contributed by atoms with E-state index in [1.54, 1.807) is 6.26 Å². The maximum atomic E-state index is 12.4. The fourth-order valence-corrected chi connectivity index (χ4v) is 3.27. The first-order valence-corrected chi connectivity index (χ1v) is 8.92. The molecule has 2 heterocycles. The largest absolute Gasteiger partial charge is 0.484 e. The molecule has 1 aliphatic heterocycles. The maximum Gasteiger partial charge on any atom is 0.260 e. The van der Waals surface area contributed by atoms with E-state index in [4.69, 9.17) is 9.15 Å². The third-order valence-electron chi connectivity index (χ3n) is 4.77. The van der Waals surface area contributed by atoms with Gasteiger partial charge >= 0.3 is 0 Å². The Labute approximate surface area is 152 Å². The van der Waals surface area contributed by atoms with Crippen molar-refractivity contribution in [2.24, 2.45) is 0 Å². The molecule has 1 fully saturated rings. The van der Waals surface area contributed by atoms with Crippen LogP contribution in [0.3, 0.4) is 0 Å². The van der Waals surface area contributed by atoms with Gasteiger partial charge in [0.1, 0.15) is 11.5 Å². The van der Waals surface area contributed by atoms with Gasteiger partial charge in [-0.1, -0.05) is 30.3 Å². The average molecular weight is 350 g/mol. The Kier molecular flexibility index (Phi) is 4.88. The summed E-state index contributed by atoms with van der Waals surface area (Å²) >= 11 is 0. The third kappa shape index (κ3) is 3.89. The summed E-state index contributed by atoms with van der Waals surface area (Å²) in [5.41, 5.74) is 0. The number of benzene rings is 2. The summed E-state index contributed by atoms with van der Waals surface area (Å²) in [7, 11) is 0. The molecule has 0 N–H and O–H groups in total. The van der Waals surface area contributed by atoms with Crippen molar-refractivity contribution >= 4 is 16.7 Å². The first kappa shape index (κ1) is 16.7. The van der Waals surface area contributed by atoms with Gasteiger partial charge in [0.25, 0.3) is 5.91 Å². The van der Waals surface area contributed by atoms with Crippen molar-refractivity contribution in [3.05, 3.63) is 66.6 Å². The average Bonchev–Trinajstić information content (AvgIpc) is 3.19. The van der Waals surface area contributed by atoms with E-state index in [2.05, 4.69) is 11.0 Å². The van der Waals surface area contributed by atoms with Crippen LogP contribution in [0.1, 0.15) is 5.76 Å². The number of hydrogen-bond acceptors (Lipinski definition) is 4. The van der Waals surface area contributed by atoms with Crippen LogP contribution in [0.4, 0.5) is 0 Å². The molecular weight excluding hydrogens is 328 g/mol. The maximum absolute atomic E-state index is 12.4. The van der Waals surface area contributed by atoms with Crippen LogP contribution in [0, 0.1) is 0 Å². The smallest absolute Gasteiger partial charge is 0.260 e. The molecule has 26 heavy (non-hydrogen) atoms. The second-order valence-corrected chi connectivity index (χ2v) is 6.53. The van der Waals surface area contributed by atoms with Crippen molar-refractivity contribution < 1.29 is 13.9 Å². The lowest BCUT2D eigenvalue weighted by molar-refractivity contribution is -0.135. The quantitative estimate of drug-likeness (QED) is 0.709. The Morgan fingerprint density at radius 3 is 2.54 bits per heavy atom. The lowest BCUT2D eigenvalue weighted by Gasteiger charge is -2.34. The molecule has 0 saturated carbocycles. The van der Waals surface area contributed by atoms with Crippen LogP contribution >= 0.6 is 0 Å². The summed E-state index contributed by atoms with van der Waals surface area (Å²) in [5.74, 6) is 1.73. The van der Waals surface area contributed by atoms with Crippen LogP contribution in [0.15, 0.2) is 65.3 Å². The second-order valence-electron chi connectivity index (χ2n) is 6.53. The SMILES string of the molecule is O=C(COc1ccc2ccccc2c1)N1CCN(Cc2ccco2)CC1. The highest BCUT2D eigenvalue weighted by Gasteiger charge is 2.21. The van der Waals surface area contributed by atoms with E-state index in [1.165, 1.54) is 5.39 Å². The van der Waals surface area contributed by atoms with Gasteiger partial charge in [0.05, 0.1) is 12.8 Å². The van der Waals surface area contributed by atoms with Gasteiger partial charge in [0, 0.05) is 26.2 Å². The zero-order valence-electron chi connectivity index (χ0n) is 14.6. The van der Waals surface area contributed by atoms with Crippen LogP contribution in [-0.2, 0) is 11.3 Å². The lowest BCUT2D eigenvalue weighted by atomic mass is 10.1. The summed E-state index contributed by atoms with van der Waals surface area (Å²) in [4.78, 5) is 16.6. The molecule has 2 aromatic carbocycles. The Balaban J connectivity index is 1.27. The molecule has 5 nitrogen and oxygen atoms in total. The Bertz CT molecular complexity index is 868.